The molecule has 1 aromatic rings. The van der Waals surface area contributed by atoms with Gasteiger partial charge in [-0.05, 0) is 49.7 Å². The molecular weight excluding hydrogens is 468 g/mol. The first kappa shape index (κ1) is 26.5. The van der Waals surface area contributed by atoms with Gasteiger partial charge in [-0.1, -0.05) is 44.8 Å². The standard InChI is InChI=1S/C25H34N4O3S2/c1-6-8-28-22(27-14-16(2)11-17(3)15-27)19(18(4)20(13-26)23(28)30)12-21-24(31)29(25(33)34-21)9-7-10-32-5/h12,16-17H,6-11,14-15H2,1-5H3. The summed E-state index contributed by atoms with van der Waals surface area (Å²) < 4.78 is 7.37. The number of thiocarbonyl (C=S) groups is 1. The van der Waals surface area contributed by atoms with Crippen LogP contribution in [0.4, 0.5) is 5.82 Å². The zero-order valence-electron chi connectivity index (χ0n) is 20.7. The van der Waals surface area contributed by atoms with E-state index in [1.165, 1.54) is 11.8 Å². The van der Waals surface area contributed by atoms with Gasteiger partial charge in [0.2, 0.25) is 0 Å². The number of carbonyl (C=O) groups is 1. The molecule has 0 aromatic carbocycles. The normalized spacial score (nSPS) is 22.1. The van der Waals surface area contributed by atoms with E-state index in [1.54, 1.807) is 16.6 Å². The molecule has 9 heteroatoms. The quantitative estimate of drug-likeness (QED) is 0.300. The highest BCUT2D eigenvalue weighted by atomic mass is 32.2. The number of pyridine rings is 1. The van der Waals surface area contributed by atoms with Gasteiger partial charge in [0.05, 0.1) is 4.91 Å². The molecule has 7 nitrogen and oxygen atoms in total. The number of methoxy groups -OCH3 is 1. The van der Waals surface area contributed by atoms with Gasteiger partial charge < -0.3 is 9.64 Å². The Morgan fingerprint density at radius 1 is 1.24 bits per heavy atom. The molecule has 0 radical (unpaired) electrons. The average molecular weight is 503 g/mol. The Kier molecular flexibility index (Phi) is 8.96. The summed E-state index contributed by atoms with van der Waals surface area (Å²) in [6, 6.07) is 2.12. The van der Waals surface area contributed by atoms with Crippen LogP contribution in [0.2, 0.25) is 0 Å². The fraction of sp³-hybridized carbons (Fsp3) is 0.600. The van der Waals surface area contributed by atoms with Crippen LogP contribution in [0.25, 0.3) is 6.08 Å². The molecule has 184 valence electrons. The Labute approximate surface area is 211 Å². The monoisotopic (exact) mass is 502 g/mol. The number of amides is 1. The SMILES string of the molecule is CCCn1c(N2CC(C)CC(C)C2)c(C=C2SC(=S)N(CCCOC)C2=O)c(C)c(C#N)c1=O. The van der Waals surface area contributed by atoms with Gasteiger partial charge in [-0.25, -0.2) is 0 Å². The summed E-state index contributed by atoms with van der Waals surface area (Å²) in [5, 5.41) is 9.81. The lowest BCUT2D eigenvalue weighted by Gasteiger charge is -2.39. The van der Waals surface area contributed by atoms with Crippen LogP contribution in [0.1, 0.15) is 56.7 Å². The topological polar surface area (TPSA) is 78.6 Å². The number of piperidine rings is 1. The minimum absolute atomic E-state index is 0.136. The van der Waals surface area contributed by atoms with Crippen molar-refractivity contribution in [3.8, 4) is 6.07 Å². The second-order valence-electron chi connectivity index (χ2n) is 9.34. The molecule has 0 aliphatic carbocycles. The van der Waals surface area contributed by atoms with Crippen LogP contribution in [0, 0.1) is 30.1 Å². The van der Waals surface area contributed by atoms with Crippen molar-refractivity contribution in [1.82, 2.24) is 9.47 Å². The number of nitrogens with zero attached hydrogens (tertiary/aromatic N) is 4. The third-order valence-corrected chi connectivity index (χ3v) is 7.72. The van der Waals surface area contributed by atoms with Gasteiger partial charge in [-0.15, -0.1) is 0 Å². The number of hydrogen-bond acceptors (Lipinski definition) is 7. The first-order chi connectivity index (χ1) is 16.2. The van der Waals surface area contributed by atoms with Gasteiger partial charge in [0.15, 0.2) is 0 Å². The van der Waals surface area contributed by atoms with Crippen LogP contribution in [-0.2, 0) is 16.1 Å². The van der Waals surface area contributed by atoms with E-state index in [1.807, 2.05) is 19.9 Å². The summed E-state index contributed by atoms with van der Waals surface area (Å²) in [4.78, 5) is 30.9. The summed E-state index contributed by atoms with van der Waals surface area (Å²) in [5.41, 5.74) is 1.26. The smallest absolute Gasteiger partial charge is 0.270 e. The van der Waals surface area contributed by atoms with Gasteiger partial charge in [0.25, 0.3) is 11.5 Å². The Morgan fingerprint density at radius 3 is 2.50 bits per heavy atom. The zero-order valence-corrected chi connectivity index (χ0v) is 22.4. The molecule has 34 heavy (non-hydrogen) atoms. The fourth-order valence-corrected chi connectivity index (χ4v) is 6.23. The van der Waals surface area contributed by atoms with Crippen LogP contribution < -0.4 is 10.5 Å². The first-order valence-electron chi connectivity index (χ1n) is 11.9. The van der Waals surface area contributed by atoms with E-state index in [0.717, 1.165) is 37.3 Å². The molecule has 1 amide bonds. The molecule has 0 saturated carbocycles. The van der Waals surface area contributed by atoms with E-state index in [9.17, 15) is 14.9 Å². The number of hydrogen-bond donors (Lipinski definition) is 0. The maximum Gasteiger partial charge on any atom is 0.270 e. The Balaban J connectivity index is 2.17. The van der Waals surface area contributed by atoms with Gasteiger partial charge >= 0.3 is 0 Å². The van der Waals surface area contributed by atoms with Crippen molar-refractivity contribution in [3.05, 3.63) is 31.9 Å². The largest absolute Gasteiger partial charge is 0.385 e. The van der Waals surface area contributed by atoms with Crippen molar-refractivity contribution in [3.63, 3.8) is 0 Å². The van der Waals surface area contributed by atoms with Crippen molar-refractivity contribution in [2.45, 2.75) is 53.5 Å². The van der Waals surface area contributed by atoms with E-state index in [4.69, 9.17) is 17.0 Å². The Morgan fingerprint density at radius 2 is 1.91 bits per heavy atom. The fourth-order valence-electron chi connectivity index (χ4n) is 4.94. The number of thioether (sulfide) groups is 1. The van der Waals surface area contributed by atoms with Crippen molar-refractivity contribution >= 4 is 46.1 Å². The zero-order chi connectivity index (χ0) is 25.0. The second-order valence-corrected chi connectivity index (χ2v) is 11.0. The molecule has 3 rings (SSSR count). The van der Waals surface area contributed by atoms with Crippen molar-refractivity contribution < 1.29 is 9.53 Å². The summed E-state index contributed by atoms with van der Waals surface area (Å²) in [6.45, 7) is 11.5. The van der Waals surface area contributed by atoms with Gasteiger partial charge in [0, 0.05) is 45.5 Å². The summed E-state index contributed by atoms with van der Waals surface area (Å²) in [5.74, 6) is 1.64. The maximum atomic E-state index is 13.3. The minimum atomic E-state index is -0.257. The van der Waals surface area contributed by atoms with E-state index in [-0.39, 0.29) is 17.0 Å². The second kappa shape index (κ2) is 11.5. The molecule has 0 bridgehead atoms. The number of nitriles is 1. The van der Waals surface area contributed by atoms with Crippen molar-refractivity contribution in [1.29, 1.82) is 5.26 Å². The Bertz CT molecular complexity index is 1080. The third-order valence-electron chi connectivity index (χ3n) is 6.34. The van der Waals surface area contributed by atoms with Crippen LogP contribution >= 0.6 is 24.0 Å². The molecular formula is C25H34N4O3S2. The molecule has 0 spiro atoms. The van der Waals surface area contributed by atoms with Crippen molar-refractivity contribution in [2.24, 2.45) is 11.8 Å². The van der Waals surface area contributed by atoms with Crippen molar-refractivity contribution in [2.75, 3.05) is 38.3 Å². The van der Waals surface area contributed by atoms with Crippen LogP contribution in [0.5, 0.6) is 0 Å². The summed E-state index contributed by atoms with van der Waals surface area (Å²) in [7, 11) is 1.63. The summed E-state index contributed by atoms with van der Waals surface area (Å²) in [6.07, 6.45) is 4.45. The molecule has 2 aliphatic heterocycles. The molecule has 0 N–H and O–H groups in total. The van der Waals surface area contributed by atoms with E-state index in [2.05, 4.69) is 24.8 Å². The lowest BCUT2D eigenvalue weighted by molar-refractivity contribution is -0.122. The molecule has 2 aliphatic rings. The lowest BCUT2D eigenvalue weighted by Crippen LogP contribution is -2.43. The molecule has 2 atom stereocenters. The van der Waals surface area contributed by atoms with Crippen LogP contribution in [0.3, 0.4) is 0 Å². The number of rotatable bonds is 8. The molecule has 1 aromatic heterocycles. The Hall–Kier alpha value is -2.15. The highest BCUT2D eigenvalue weighted by Crippen LogP contribution is 2.37. The lowest BCUT2D eigenvalue weighted by atomic mass is 9.91. The predicted octanol–water partition coefficient (Wildman–Crippen LogP) is 4.16. The van der Waals surface area contributed by atoms with E-state index >= 15 is 0 Å². The molecule has 2 fully saturated rings. The third kappa shape index (κ3) is 5.40. The van der Waals surface area contributed by atoms with Crippen LogP contribution in [0.15, 0.2) is 9.70 Å². The molecule has 3 heterocycles. The number of carbonyl (C=O) groups excluding carboxylic acids is 1. The maximum absolute atomic E-state index is 13.3. The first-order valence-corrected chi connectivity index (χ1v) is 13.1. The number of anilines is 1. The van der Waals surface area contributed by atoms with Crippen LogP contribution in [-0.4, -0.2) is 53.0 Å². The predicted molar refractivity (Wildman–Crippen MR) is 142 cm³/mol. The van der Waals surface area contributed by atoms with E-state index < -0.39 is 0 Å². The minimum Gasteiger partial charge on any atom is -0.385 e. The number of aromatic nitrogens is 1. The van der Waals surface area contributed by atoms with Gasteiger partial charge in [-0.3, -0.25) is 19.1 Å². The average Bonchev–Trinajstić information content (AvgIpc) is 3.04. The van der Waals surface area contributed by atoms with Gasteiger partial charge in [-0.2, -0.15) is 5.26 Å². The number of ether oxygens (including phenoxy) is 1. The highest BCUT2D eigenvalue weighted by Gasteiger charge is 2.33. The highest BCUT2D eigenvalue weighted by molar-refractivity contribution is 8.26. The van der Waals surface area contributed by atoms with E-state index in [0.29, 0.717) is 52.7 Å². The molecule has 2 unspecified atom stereocenters. The molecule has 2 saturated heterocycles. The summed E-state index contributed by atoms with van der Waals surface area (Å²) >= 11 is 6.76. The van der Waals surface area contributed by atoms with Gasteiger partial charge in [0.1, 0.15) is 21.8 Å².